The van der Waals surface area contributed by atoms with E-state index in [1.165, 1.54) is 0 Å². The minimum absolute atomic E-state index is 0.247. The van der Waals surface area contributed by atoms with Crippen LogP contribution in [0.25, 0.3) is 0 Å². The standard InChI is InChI=1S/C10H14N2O/c1-2-3-4-5-12-6-7-13-10(8-11)9-12/h10H,4-7,9H2,1H3. The highest BCUT2D eigenvalue weighted by atomic mass is 16.5. The lowest BCUT2D eigenvalue weighted by Gasteiger charge is -2.28. The summed E-state index contributed by atoms with van der Waals surface area (Å²) in [6.45, 7) is 5.10. The Bertz CT molecular complexity index is 246. The summed E-state index contributed by atoms with van der Waals surface area (Å²) < 4.78 is 5.22. The third-order valence-electron chi connectivity index (χ3n) is 2.02. The first-order valence-corrected chi connectivity index (χ1v) is 4.50. The average molecular weight is 178 g/mol. The summed E-state index contributed by atoms with van der Waals surface area (Å²) in [5.74, 6) is 5.87. The van der Waals surface area contributed by atoms with Crippen molar-refractivity contribution in [3.05, 3.63) is 0 Å². The van der Waals surface area contributed by atoms with E-state index in [2.05, 4.69) is 22.8 Å². The monoisotopic (exact) mass is 178 g/mol. The van der Waals surface area contributed by atoms with Gasteiger partial charge in [0.1, 0.15) is 0 Å². The summed E-state index contributed by atoms with van der Waals surface area (Å²) >= 11 is 0. The van der Waals surface area contributed by atoms with Crippen molar-refractivity contribution in [2.24, 2.45) is 0 Å². The fourth-order valence-corrected chi connectivity index (χ4v) is 1.32. The Kier molecular flexibility index (Phi) is 4.32. The van der Waals surface area contributed by atoms with Crippen LogP contribution < -0.4 is 0 Å². The van der Waals surface area contributed by atoms with Gasteiger partial charge in [0.05, 0.1) is 12.7 Å². The number of morpholine rings is 1. The second-order valence-electron chi connectivity index (χ2n) is 2.97. The van der Waals surface area contributed by atoms with E-state index in [4.69, 9.17) is 10.00 Å². The van der Waals surface area contributed by atoms with Crippen LogP contribution in [0.2, 0.25) is 0 Å². The molecule has 1 heterocycles. The van der Waals surface area contributed by atoms with Gasteiger partial charge in [-0.25, -0.2) is 0 Å². The number of ether oxygens (including phenoxy) is 1. The summed E-state index contributed by atoms with van der Waals surface area (Å²) in [6.07, 6.45) is 0.637. The minimum atomic E-state index is -0.247. The summed E-state index contributed by atoms with van der Waals surface area (Å²) in [4.78, 5) is 2.22. The minimum Gasteiger partial charge on any atom is -0.361 e. The van der Waals surface area contributed by atoms with Gasteiger partial charge in [-0.1, -0.05) is 0 Å². The lowest BCUT2D eigenvalue weighted by Crippen LogP contribution is -2.42. The maximum Gasteiger partial charge on any atom is 0.156 e. The first-order valence-electron chi connectivity index (χ1n) is 4.50. The number of rotatable bonds is 2. The lowest BCUT2D eigenvalue weighted by atomic mass is 10.2. The first-order chi connectivity index (χ1) is 6.36. The van der Waals surface area contributed by atoms with Gasteiger partial charge in [0, 0.05) is 26.1 Å². The highest BCUT2D eigenvalue weighted by Crippen LogP contribution is 2.04. The molecule has 3 heteroatoms. The van der Waals surface area contributed by atoms with Gasteiger partial charge in [-0.05, 0) is 6.92 Å². The number of hydrogen-bond acceptors (Lipinski definition) is 3. The molecule has 1 saturated heterocycles. The molecule has 0 bridgehead atoms. The fourth-order valence-electron chi connectivity index (χ4n) is 1.32. The number of hydrogen-bond donors (Lipinski definition) is 0. The Morgan fingerprint density at radius 3 is 3.15 bits per heavy atom. The zero-order valence-corrected chi connectivity index (χ0v) is 7.92. The maximum atomic E-state index is 8.65. The van der Waals surface area contributed by atoms with Crippen LogP contribution in [-0.4, -0.2) is 37.2 Å². The third kappa shape index (κ3) is 3.46. The van der Waals surface area contributed by atoms with Gasteiger partial charge in [0.25, 0.3) is 0 Å². The van der Waals surface area contributed by atoms with Gasteiger partial charge in [-0.3, -0.25) is 4.90 Å². The molecule has 0 aliphatic carbocycles. The number of nitrogens with zero attached hydrogens (tertiary/aromatic N) is 2. The molecule has 0 aromatic carbocycles. The van der Waals surface area contributed by atoms with Gasteiger partial charge in [-0.2, -0.15) is 5.26 Å². The van der Waals surface area contributed by atoms with Crippen LogP contribution in [0.4, 0.5) is 0 Å². The van der Waals surface area contributed by atoms with E-state index in [0.717, 1.165) is 26.1 Å². The summed E-state index contributed by atoms with van der Waals surface area (Å²) in [6, 6.07) is 2.12. The fraction of sp³-hybridized carbons (Fsp3) is 0.700. The van der Waals surface area contributed by atoms with Crippen molar-refractivity contribution < 1.29 is 4.74 Å². The molecule has 1 unspecified atom stereocenters. The van der Waals surface area contributed by atoms with Crippen molar-refractivity contribution in [2.45, 2.75) is 19.4 Å². The molecule has 3 nitrogen and oxygen atoms in total. The van der Waals surface area contributed by atoms with Crippen LogP contribution in [0, 0.1) is 23.2 Å². The van der Waals surface area contributed by atoms with Crippen molar-refractivity contribution in [1.29, 1.82) is 5.26 Å². The van der Waals surface area contributed by atoms with E-state index in [1.807, 2.05) is 6.92 Å². The van der Waals surface area contributed by atoms with E-state index in [0.29, 0.717) is 6.61 Å². The third-order valence-corrected chi connectivity index (χ3v) is 2.02. The van der Waals surface area contributed by atoms with Crippen molar-refractivity contribution in [3.63, 3.8) is 0 Å². The molecule has 0 amide bonds. The molecular formula is C10H14N2O. The zero-order valence-electron chi connectivity index (χ0n) is 7.92. The molecule has 0 saturated carbocycles. The molecule has 1 aliphatic rings. The van der Waals surface area contributed by atoms with Gasteiger partial charge in [-0.15, -0.1) is 11.8 Å². The van der Waals surface area contributed by atoms with Crippen molar-refractivity contribution in [3.8, 4) is 17.9 Å². The Balaban J connectivity index is 2.25. The Hall–Kier alpha value is -1.03. The molecule has 0 aromatic heterocycles. The second-order valence-corrected chi connectivity index (χ2v) is 2.97. The second kappa shape index (κ2) is 5.59. The molecular weight excluding hydrogens is 164 g/mol. The lowest BCUT2D eigenvalue weighted by molar-refractivity contribution is 0.00147. The van der Waals surface area contributed by atoms with E-state index < -0.39 is 0 Å². The average Bonchev–Trinajstić information content (AvgIpc) is 2.19. The molecule has 1 aliphatic heterocycles. The molecule has 0 radical (unpaired) electrons. The Morgan fingerprint density at radius 2 is 2.46 bits per heavy atom. The smallest absolute Gasteiger partial charge is 0.156 e. The summed E-state index contributed by atoms with van der Waals surface area (Å²) in [5, 5.41) is 8.65. The highest BCUT2D eigenvalue weighted by molar-refractivity contribution is 4.96. The van der Waals surface area contributed by atoms with Crippen LogP contribution in [0.15, 0.2) is 0 Å². The van der Waals surface area contributed by atoms with Gasteiger partial charge < -0.3 is 4.74 Å². The molecule has 1 atom stereocenters. The molecule has 0 N–H and O–H groups in total. The van der Waals surface area contributed by atoms with Gasteiger partial charge in [0.15, 0.2) is 6.10 Å². The molecule has 1 rings (SSSR count). The van der Waals surface area contributed by atoms with Gasteiger partial charge >= 0.3 is 0 Å². The van der Waals surface area contributed by atoms with Crippen LogP contribution in [0.5, 0.6) is 0 Å². The molecule has 1 fully saturated rings. The topological polar surface area (TPSA) is 36.3 Å². The molecule has 70 valence electrons. The zero-order chi connectivity index (χ0) is 9.52. The normalized spacial score (nSPS) is 22.9. The van der Waals surface area contributed by atoms with Crippen molar-refractivity contribution in [2.75, 3.05) is 26.2 Å². The largest absolute Gasteiger partial charge is 0.361 e. The summed E-state index contributed by atoms with van der Waals surface area (Å²) in [7, 11) is 0. The predicted molar refractivity (Wildman–Crippen MR) is 49.9 cm³/mol. The van der Waals surface area contributed by atoms with Gasteiger partial charge in [0.2, 0.25) is 0 Å². The van der Waals surface area contributed by atoms with Crippen LogP contribution in [0.1, 0.15) is 13.3 Å². The molecule has 0 aromatic rings. The number of nitriles is 1. The maximum absolute atomic E-state index is 8.65. The SMILES string of the molecule is CC#CCCN1CCOC(C#N)C1. The molecule has 13 heavy (non-hydrogen) atoms. The predicted octanol–water partition coefficient (Wildman–Crippen LogP) is 0.624. The van der Waals surface area contributed by atoms with E-state index in [1.54, 1.807) is 0 Å². The Morgan fingerprint density at radius 1 is 1.62 bits per heavy atom. The highest BCUT2D eigenvalue weighted by Gasteiger charge is 2.18. The summed E-state index contributed by atoms with van der Waals surface area (Å²) in [5.41, 5.74) is 0. The van der Waals surface area contributed by atoms with Crippen LogP contribution in [-0.2, 0) is 4.74 Å². The quantitative estimate of drug-likeness (QED) is 0.582. The van der Waals surface area contributed by atoms with Crippen LogP contribution in [0.3, 0.4) is 0 Å². The van der Waals surface area contributed by atoms with Crippen molar-refractivity contribution >= 4 is 0 Å². The van der Waals surface area contributed by atoms with Crippen LogP contribution >= 0.6 is 0 Å². The molecule has 0 spiro atoms. The van der Waals surface area contributed by atoms with Crippen molar-refractivity contribution in [1.82, 2.24) is 4.90 Å². The van der Waals surface area contributed by atoms with E-state index in [-0.39, 0.29) is 6.10 Å². The van der Waals surface area contributed by atoms with E-state index >= 15 is 0 Å². The first kappa shape index (κ1) is 10.1. The Labute approximate surface area is 79.3 Å². The van der Waals surface area contributed by atoms with E-state index in [9.17, 15) is 0 Å².